The maximum Gasteiger partial charge on any atom is 0.242 e. The van der Waals surface area contributed by atoms with E-state index >= 15 is 0 Å². The molecule has 0 heterocycles. The number of amides is 2. The Morgan fingerprint density at radius 1 is 1.06 bits per heavy atom. The van der Waals surface area contributed by atoms with Gasteiger partial charge >= 0.3 is 0 Å². The van der Waals surface area contributed by atoms with Gasteiger partial charge in [0.25, 0.3) is 0 Å². The molecule has 2 rings (SSSR count). The van der Waals surface area contributed by atoms with Gasteiger partial charge < -0.3 is 10.2 Å². The first-order chi connectivity index (χ1) is 14.6. The van der Waals surface area contributed by atoms with Crippen LogP contribution in [-0.4, -0.2) is 34.6 Å². The SMILES string of the molecule is CC(C)NC(=O)C(C)N(Cc1ccc(Cl)c(Cl)c1)C(=O)CSCc1c(F)cccc1Cl. The van der Waals surface area contributed by atoms with Crippen LogP contribution in [0, 0.1) is 5.82 Å². The summed E-state index contributed by atoms with van der Waals surface area (Å²) in [6.07, 6.45) is 0. The minimum absolute atomic E-state index is 0.0607. The number of carbonyl (C=O) groups excluding carboxylic acids is 2. The quantitative estimate of drug-likeness (QED) is 0.457. The largest absolute Gasteiger partial charge is 0.352 e. The molecule has 0 bridgehead atoms. The molecule has 2 amide bonds. The van der Waals surface area contributed by atoms with E-state index in [4.69, 9.17) is 34.8 Å². The highest BCUT2D eigenvalue weighted by Crippen LogP contribution is 2.26. The Morgan fingerprint density at radius 3 is 2.39 bits per heavy atom. The predicted octanol–water partition coefficient (Wildman–Crippen LogP) is 5.96. The van der Waals surface area contributed by atoms with E-state index in [0.717, 1.165) is 5.56 Å². The maximum atomic E-state index is 14.0. The van der Waals surface area contributed by atoms with Gasteiger partial charge in [0.2, 0.25) is 11.8 Å². The molecule has 0 aliphatic heterocycles. The number of rotatable bonds is 9. The highest BCUT2D eigenvalue weighted by atomic mass is 35.5. The highest BCUT2D eigenvalue weighted by Gasteiger charge is 2.26. The molecule has 0 fully saturated rings. The third-order valence-corrected chi connectivity index (χ3v) is 6.51. The summed E-state index contributed by atoms with van der Waals surface area (Å²) in [5.41, 5.74) is 1.10. The summed E-state index contributed by atoms with van der Waals surface area (Å²) >= 11 is 19.4. The fourth-order valence-corrected chi connectivity index (χ4v) is 4.39. The molecule has 168 valence electrons. The average Bonchev–Trinajstić information content (AvgIpc) is 2.69. The van der Waals surface area contributed by atoms with Crippen LogP contribution >= 0.6 is 46.6 Å². The van der Waals surface area contributed by atoms with Crippen molar-refractivity contribution in [1.29, 1.82) is 0 Å². The van der Waals surface area contributed by atoms with Gasteiger partial charge in [-0.25, -0.2) is 4.39 Å². The van der Waals surface area contributed by atoms with Crippen molar-refractivity contribution in [3.05, 3.63) is 68.4 Å². The Morgan fingerprint density at radius 2 is 1.77 bits per heavy atom. The third kappa shape index (κ3) is 7.56. The molecule has 0 aliphatic carbocycles. The minimum Gasteiger partial charge on any atom is -0.352 e. The molecule has 31 heavy (non-hydrogen) atoms. The Labute approximate surface area is 201 Å². The number of nitrogens with one attached hydrogen (secondary N) is 1. The lowest BCUT2D eigenvalue weighted by atomic mass is 10.1. The van der Waals surface area contributed by atoms with Crippen LogP contribution in [0.4, 0.5) is 4.39 Å². The molecular weight excluding hydrogens is 482 g/mol. The average molecular weight is 506 g/mol. The van der Waals surface area contributed by atoms with E-state index in [1.54, 1.807) is 31.2 Å². The molecule has 0 spiro atoms. The van der Waals surface area contributed by atoms with Crippen LogP contribution in [0.3, 0.4) is 0 Å². The number of thioether (sulfide) groups is 1. The van der Waals surface area contributed by atoms with Crippen molar-refractivity contribution in [3.8, 4) is 0 Å². The Bertz CT molecular complexity index is 923. The molecule has 0 saturated carbocycles. The van der Waals surface area contributed by atoms with Crippen LogP contribution in [0.1, 0.15) is 31.9 Å². The van der Waals surface area contributed by atoms with Crippen molar-refractivity contribution in [2.24, 2.45) is 0 Å². The second-order valence-electron chi connectivity index (χ2n) is 7.30. The summed E-state index contributed by atoms with van der Waals surface area (Å²) in [6.45, 7) is 5.56. The lowest BCUT2D eigenvalue weighted by Gasteiger charge is -2.29. The van der Waals surface area contributed by atoms with Crippen molar-refractivity contribution in [2.45, 2.75) is 45.2 Å². The predicted molar refractivity (Wildman–Crippen MR) is 127 cm³/mol. The monoisotopic (exact) mass is 504 g/mol. The molecule has 0 aromatic heterocycles. The second kappa shape index (κ2) is 12.0. The van der Waals surface area contributed by atoms with Gasteiger partial charge in [0.1, 0.15) is 11.9 Å². The van der Waals surface area contributed by atoms with Gasteiger partial charge in [0, 0.05) is 28.9 Å². The summed E-state index contributed by atoms with van der Waals surface area (Å²) in [6, 6.07) is 8.78. The maximum absolute atomic E-state index is 14.0. The van der Waals surface area contributed by atoms with Crippen LogP contribution in [0.2, 0.25) is 15.1 Å². The van der Waals surface area contributed by atoms with Gasteiger partial charge in [-0.1, -0.05) is 46.9 Å². The number of carbonyl (C=O) groups is 2. The first kappa shape index (κ1) is 25.8. The van der Waals surface area contributed by atoms with Crippen LogP contribution in [0.15, 0.2) is 36.4 Å². The molecule has 0 aliphatic rings. The van der Waals surface area contributed by atoms with E-state index < -0.39 is 11.9 Å². The highest BCUT2D eigenvalue weighted by molar-refractivity contribution is 7.99. The number of hydrogen-bond acceptors (Lipinski definition) is 3. The van der Waals surface area contributed by atoms with Gasteiger partial charge in [-0.05, 0) is 50.6 Å². The topological polar surface area (TPSA) is 49.4 Å². The lowest BCUT2D eigenvalue weighted by molar-refractivity contribution is -0.138. The van der Waals surface area contributed by atoms with Crippen LogP contribution in [0.5, 0.6) is 0 Å². The van der Waals surface area contributed by atoms with Crippen molar-refractivity contribution in [1.82, 2.24) is 10.2 Å². The van der Waals surface area contributed by atoms with E-state index in [1.807, 2.05) is 13.8 Å². The zero-order valence-corrected chi connectivity index (χ0v) is 20.5. The van der Waals surface area contributed by atoms with E-state index in [1.165, 1.54) is 28.8 Å². The Kier molecular flexibility index (Phi) is 9.94. The molecule has 1 unspecified atom stereocenters. The van der Waals surface area contributed by atoms with Crippen LogP contribution in [0.25, 0.3) is 0 Å². The van der Waals surface area contributed by atoms with Gasteiger partial charge in [-0.3, -0.25) is 9.59 Å². The van der Waals surface area contributed by atoms with Crippen LogP contribution < -0.4 is 5.32 Å². The van der Waals surface area contributed by atoms with E-state index in [-0.39, 0.29) is 35.9 Å². The standard InChI is InChI=1S/C22H24Cl3FN2O2S/c1-13(2)27-22(30)14(3)28(10-15-7-8-18(24)19(25)9-15)21(29)12-31-11-16-17(23)5-4-6-20(16)26/h4-9,13-14H,10-12H2,1-3H3,(H,27,30). The van der Waals surface area contributed by atoms with Crippen molar-refractivity contribution < 1.29 is 14.0 Å². The fourth-order valence-electron chi connectivity index (χ4n) is 2.82. The molecule has 1 N–H and O–H groups in total. The molecule has 2 aromatic rings. The normalized spacial score (nSPS) is 12.0. The van der Waals surface area contributed by atoms with Gasteiger partial charge in [-0.15, -0.1) is 11.8 Å². The van der Waals surface area contributed by atoms with Gasteiger partial charge in [-0.2, -0.15) is 0 Å². The summed E-state index contributed by atoms with van der Waals surface area (Å²) in [7, 11) is 0. The smallest absolute Gasteiger partial charge is 0.242 e. The first-order valence-corrected chi connectivity index (χ1v) is 11.9. The fraction of sp³-hybridized carbons (Fsp3) is 0.364. The second-order valence-corrected chi connectivity index (χ2v) is 9.51. The number of hydrogen-bond donors (Lipinski definition) is 1. The van der Waals surface area contributed by atoms with E-state index in [0.29, 0.717) is 20.6 Å². The Balaban J connectivity index is 2.14. The third-order valence-electron chi connectivity index (χ3n) is 4.47. The molecule has 9 heteroatoms. The zero-order valence-electron chi connectivity index (χ0n) is 17.4. The van der Waals surface area contributed by atoms with E-state index in [2.05, 4.69) is 5.32 Å². The number of benzene rings is 2. The number of halogens is 4. The lowest BCUT2D eigenvalue weighted by Crippen LogP contribution is -2.49. The summed E-state index contributed by atoms with van der Waals surface area (Å²) in [4.78, 5) is 27.1. The van der Waals surface area contributed by atoms with Gasteiger partial charge in [0.15, 0.2) is 0 Å². The molecule has 0 saturated heterocycles. The molecule has 4 nitrogen and oxygen atoms in total. The zero-order chi connectivity index (χ0) is 23.1. The molecular formula is C22H24Cl3FN2O2S. The van der Waals surface area contributed by atoms with E-state index in [9.17, 15) is 14.0 Å². The minimum atomic E-state index is -0.706. The molecule has 0 radical (unpaired) electrons. The van der Waals surface area contributed by atoms with Gasteiger partial charge in [0.05, 0.1) is 15.8 Å². The first-order valence-electron chi connectivity index (χ1n) is 9.64. The van der Waals surface area contributed by atoms with Crippen molar-refractivity contribution in [3.63, 3.8) is 0 Å². The summed E-state index contributed by atoms with van der Waals surface area (Å²) < 4.78 is 14.0. The molecule has 1 atom stereocenters. The molecule has 2 aromatic carbocycles. The number of nitrogens with zero attached hydrogens (tertiary/aromatic N) is 1. The Hall–Kier alpha value is -1.47. The van der Waals surface area contributed by atoms with Crippen molar-refractivity contribution >= 4 is 58.4 Å². The summed E-state index contributed by atoms with van der Waals surface area (Å²) in [5.74, 6) is -0.624. The summed E-state index contributed by atoms with van der Waals surface area (Å²) in [5, 5.41) is 3.92. The van der Waals surface area contributed by atoms with Crippen LogP contribution in [-0.2, 0) is 21.9 Å². The van der Waals surface area contributed by atoms with Crippen molar-refractivity contribution in [2.75, 3.05) is 5.75 Å².